The molecule has 1 amide bonds. The highest BCUT2D eigenvalue weighted by molar-refractivity contribution is 7.89. The largest absolute Gasteiger partial charge is 0.486 e. The summed E-state index contributed by atoms with van der Waals surface area (Å²) in [5, 5.41) is 3.19. The van der Waals surface area contributed by atoms with Crippen LogP contribution in [0.1, 0.15) is 15.9 Å². The molecule has 2 aliphatic rings. The predicted octanol–water partition coefficient (Wildman–Crippen LogP) is 1.29. The molecule has 1 aromatic heterocycles. The summed E-state index contributed by atoms with van der Waals surface area (Å²) in [7, 11) is -3.76. The minimum absolute atomic E-state index is 0.0595. The number of amides is 1. The number of carbonyl (C=O) groups is 1. The van der Waals surface area contributed by atoms with E-state index in [2.05, 4.69) is 10.3 Å². The number of benzene rings is 2. The van der Waals surface area contributed by atoms with Gasteiger partial charge in [-0.05, 0) is 42.3 Å². The minimum atomic E-state index is -3.76. The van der Waals surface area contributed by atoms with Gasteiger partial charge in [-0.25, -0.2) is 8.42 Å². The molecule has 10 nitrogen and oxygen atoms in total. The van der Waals surface area contributed by atoms with E-state index in [9.17, 15) is 18.0 Å². The maximum Gasteiger partial charge on any atom is 0.252 e. The molecular weight excluding hydrogens is 474 g/mol. The number of hydrogen-bond donors (Lipinski definition) is 2. The first-order valence-corrected chi connectivity index (χ1v) is 12.8. The van der Waals surface area contributed by atoms with Gasteiger partial charge in [-0.3, -0.25) is 9.59 Å². The Morgan fingerprint density at radius 3 is 2.54 bits per heavy atom. The molecule has 3 heterocycles. The zero-order chi connectivity index (χ0) is 24.4. The lowest BCUT2D eigenvalue weighted by molar-refractivity contribution is 0.0730. The third kappa shape index (κ3) is 4.88. The summed E-state index contributed by atoms with van der Waals surface area (Å²) in [5.74, 6) is 0.913. The van der Waals surface area contributed by atoms with Crippen LogP contribution in [0, 0.1) is 0 Å². The minimum Gasteiger partial charge on any atom is -0.486 e. The van der Waals surface area contributed by atoms with Crippen LogP contribution in [-0.4, -0.2) is 69.7 Å². The predicted molar refractivity (Wildman–Crippen MR) is 128 cm³/mol. The summed E-state index contributed by atoms with van der Waals surface area (Å²) in [5.41, 5.74) is 1.02. The number of fused-ring (bicyclic) bond motifs is 2. The molecule has 0 radical (unpaired) electrons. The van der Waals surface area contributed by atoms with Crippen molar-refractivity contribution in [3.63, 3.8) is 0 Å². The number of hydrogen-bond acceptors (Lipinski definition) is 7. The average molecular weight is 500 g/mol. The van der Waals surface area contributed by atoms with Gasteiger partial charge in [0.1, 0.15) is 13.2 Å². The van der Waals surface area contributed by atoms with E-state index in [0.717, 1.165) is 5.56 Å². The van der Waals surface area contributed by atoms with Crippen LogP contribution < -0.4 is 20.3 Å². The first-order valence-electron chi connectivity index (χ1n) is 11.3. The number of nitrogens with one attached hydrogen (secondary N) is 2. The molecule has 0 atom stereocenters. The number of H-pyrrole nitrogens is 1. The summed E-state index contributed by atoms with van der Waals surface area (Å²) in [6, 6.07) is 11.2. The SMILES string of the molecule is O=C(NCCc1ccc2c(c1)OCCO2)c1cc(=O)[nH]c2ccc(S(=O)(=O)N3CCOCC3)cc12. The van der Waals surface area contributed by atoms with Crippen molar-refractivity contribution in [3.05, 3.63) is 63.9 Å². The molecular formula is C24H25N3O7S. The van der Waals surface area contributed by atoms with E-state index >= 15 is 0 Å². The summed E-state index contributed by atoms with van der Waals surface area (Å²) < 4.78 is 43.9. The molecule has 35 heavy (non-hydrogen) atoms. The molecule has 2 aromatic carbocycles. The Morgan fingerprint density at radius 1 is 0.971 bits per heavy atom. The van der Waals surface area contributed by atoms with Gasteiger partial charge in [0.15, 0.2) is 11.5 Å². The molecule has 3 aromatic rings. The number of ether oxygens (including phenoxy) is 3. The molecule has 0 unspecified atom stereocenters. The second-order valence-electron chi connectivity index (χ2n) is 8.26. The fourth-order valence-electron chi connectivity index (χ4n) is 4.18. The molecule has 0 bridgehead atoms. The van der Waals surface area contributed by atoms with Gasteiger partial charge < -0.3 is 24.5 Å². The Morgan fingerprint density at radius 2 is 1.74 bits per heavy atom. The van der Waals surface area contributed by atoms with Crippen molar-refractivity contribution >= 4 is 26.8 Å². The Balaban J connectivity index is 1.36. The number of pyridine rings is 1. The smallest absolute Gasteiger partial charge is 0.252 e. The number of aromatic nitrogens is 1. The van der Waals surface area contributed by atoms with E-state index in [1.54, 1.807) is 0 Å². The molecule has 1 fully saturated rings. The second kappa shape index (κ2) is 9.68. The summed E-state index contributed by atoms with van der Waals surface area (Å²) >= 11 is 0. The molecule has 5 rings (SSSR count). The summed E-state index contributed by atoms with van der Waals surface area (Å²) in [6.07, 6.45) is 0.542. The Bertz CT molecular complexity index is 1430. The van der Waals surface area contributed by atoms with Crippen molar-refractivity contribution in [2.45, 2.75) is 11.3 Å². The number of rotatable bonds is 6. The number of carbonyl (C=O) groups excluding carboxylic acids is 1. The van der Waals surface area contributed by atoms with E-state index in [-0.39, 0.29) is 23.5 Å². The van der Waals surface area contributed by atoms with Gasteiger partial charge in [0, 0.05) is 36.6 Å². The van der Waals surface area contributed by atoms with Gasteiger partial charge in [-0.2, -0.15) is 4.31 Å². The van der Waals surface area contributed by atoms with E-state index in [1.165, 1.54) is 28.6 Å². The number of morpholine rings is 1. The van der Waals surface area contributed by atoms with Gasteiger partial charge in [0.25, 0.3) is 5.91 Å². The first kappa shape index (κ1) is 23.3. The highest BCUT2D eigenvalue weighted by Gasteiger charge is 2.27. The molecule has 0 saturated carbocycles. The Labute approximate surface area is 201 Å². The van der Waals surface area contributed by atoms with Gasteiger partial charge in [-0.15, -0.1) is 0 Å². The fourth-order valence-corrected chi connectivity index (χ4v) is 5.61. The molecule has 0 spiro atoms. The number of aromatic amines is 1. The van der Waals surface area contributed by atoms with Crippen molar-refractivity contribution in [3.8, 4) is 11.5 Å². The lowest BCUT2D eigenvalue weighted by Gasteiger charge is -2.26. The molecule has 2 aliphatic heterocycles. The molecule has 2 N–H and O–H groups in total. The lowest BCUT2D eigenvalue weighted by atomic mass is 10.1. The maximum absolute atomic E-state index is 13.1. The van der Waals surface area contributed by atoms with Gasteiger partial charge in [-0.1, -0.05) is 6.07 Å². The van der Waals surface area contributed by atoms with E-state index < -0.39 is 21.5 Å². The lowest BCUT2D eigenvalue weighted by Crippen LogP contribution is -2.40. The topological polar surface area (TPSA) is 127 Å². The van der Waals surface area contributed by atoms with Crippen LogP contribution in [0.15, 0.2) is 52.2 Å². The molecule has 0 aliphatic carbocycles. The fraction of sp³-hybridized carbons (Fsp3) is 0.333. The van der Waals surface area contributed by atoms with Crippen molar-refractivity contribution < 1.29 is 27.4 Å². The van der Waals surface area contributed by atoms with E-state index in [0.29, 0.717) is 61.8 Å². The van der Waals surface area contributed by atoms with Crippen molar-refractivity contribution in [1.82, 2.24) is 14.6 Å². The zero-order valence-corrected chi connectivity index (χ0v) is 19.7. The molecule has 11 heteroatoms. The third-order valence-corrected chi connectivity index (χ3v) is 7.87. The van der Waals surface area contributed by atoms with Crippen LogP contribution >= 0.6 is 0 Å². The van der Waals surface area contributed by atoms with Crippen molar-refractivity contribution in [1.29, 1.82) is 0 Å². The van der Waals surface area contributed by atoms with E-state index in [1.807, 2.05) is 18.2 Å². The van der Waals surface area contributed by atoms with Crippen molar-refractivity contribution in [2.24, 2.45) is 0 Å². The normalized spacial score (nSPS) is 16.2. The van der Waals surface area contributed by atoms with Crippen LogP contribution in [0.4, 0.5) is 0 Å². The monoisotopic (exact) mass is 499 g/mol. The summed E-state index contributed by atoms with van der Waals surface area (Å²) in [4.78, 5) is 27.9. The van der Waals surface area contributed by atoms with Gasteiger partial charge >= 0.3 is 0 Å². The third-order valence-electron chi connectivity index (χ3n) is 5.97. The number of sulfonamides is 1. The van der Waals surface area contributed by atoms with E-state index in [4.69, 9.17) is 14.2 Å². The molecule has 184 valence electrons. The number of nitrogens with zero attached hydrogens (tertiary/aromatic N) is 1. The highest BCUT2D eigenvalue weighted by atomic mass is 32.2. The zero-order valence-electron chi connectivity index (χ0n) is 18.9. The molecule has 1 saturated heterocycles. The standard InChI is InChI=1S/C24H25N3O7S/c28-23-15-19(24(29)25-6-5-16-1-4-21-22(13-16)34-12-11-33-21)18-14-17(2-3-20(18)26-23)35(30,31)27-7-9-32-10-8-27/h1-4,13-15H,5-12H2,(H,25,29)(H,26,28). The van der Waals surface area contributed by atoms with Crippen LogP contribution in [0.5, 0.6) is 11.5 Å². The quantitative estimate of drug-likeness (QED) is 0.523. The maximum atomic E-state index is 13.1. The summed E-state index contributed by atoms with van der Waals surface area (Å²) in [6.45, 7) is 2.51. The van der Waals surface area contributed by atoms with Crippen LogP contribution in [0.25, 0.3) is 10.9 Å². The Hall–Kier alpha value is -3.41. The highest BCUT2D eigenvalue weighted by Crippen LogP contribution is 2.30. The van der Waals surface area contributed by atoms with Crippen molar-refractivity contribution in [2.75, 3.05) is 46.1 Å². The van der Waals surface area contributed by atoms with Crippen LogP contribution in [0.2, 0.25) is 0 Å². The Kier molecular flexibility index (Phi) is 6.46. The van der Waals surface area contributed by atoms with Crippen LogP contribution in [0.3, 0.4) is 0 Å². The second-order valence-corrected chi connectivity index (χ2v) is 10.2. The van der Waals surface area contributed by atoms with Crippen LogP contribution in [-0.2, 0) is 21.2 Å². The van der Waals surface area contributed by atoms with Gasteiger partial charge in [0.2, 0.25) is 15.6 Å². The first-order chi connectivity index (χ1) is 16.9. The van der Waals surface area contributed by atoms with Gasteiger partial charge in [0.05, 0.1) is 23.7 Å². The average Bonchev–Trinajstić information content (AvgIpc) is 2.88.